The van der Waals surface area contributed by atoms with Crippen molar-refractivity contribution in [3.63, 3.8) is 0 Å². The predicted octanol–water partition coefficient (Wildman–Crippen LogP) is 1.97. The maximum atomic E-state index is 9.53. The minimum absolute atomic E-state index is 0.257. The van der Waals surface area contributed by atoms with Crippen LogP contribution in [-0.2, 0) is 13.1 Å². The predicted molar refractivity (Wildman–Crippen MR) is 105 cm³/mol. The highest BCUT2D eigenvalue weighted by atomic mass is 16.5. The van der Waals surface area contributed by atoms with Crippen molar-refractivity contribution in [1.82, 2.24) is 19.6 Å². The average Bonchev–Trinajstić information content (AvgIpc) is 3.34. The van der Waals surface area contributed by atoms with Crippen molar-refractivity contribution in [2.24, 2.45) is 0 Å². The van der Waals surface area contributed by atoms with Gasteiger partial charge < -0.3 is 9.84 Å². The SMILES string of the molecule is COc1ccc(CN2CC3CCCN3C[C@@H]2CCO)cc1Cn1cccn1. The Kier molecular flexibility index (Phi) is 5.76. The molecule has 0 aliphatic carbocycles. The van der Waals surface area contributed by atoms with Gasteiger partial charge >= 0.3 is 0 Å². The van der Waals surface area contributed by atoms with Gasteiger partial charge in [0.2, 0.25) is 0 Å². The Morgan fingerprint density at radius 1 is 1.26 bits per heavy atom. The number of hydrogen-bond donors (Lipinski definition) is 1. The van der Waals surface area contributed by atoms with Gasteiger partial charge in [0.1, 0.15) is 5.75 Å². The molecule has 2 atom stereocenters. The van der Waals surface area contributed by atoms with Gasteiger partial charge in [0.05, 0.1) is 13.7 Å². The van der Waals surface area contributed by atoms with Crippen molar-refractivity contribution in [2.45, 2.75) is 44.4 Å². The molecule has 0 amide bonds. The van der Waals surface area contributed by atoms with Crippen LogP contribution in [0.5, 0.6) is 5.75 Å². The minimum Gasteiger partial charge on any atom is -0.496 e. The molecule has 4 rings (SSSR count). The van der Waals surface area contributed by atoms with Crippen molar-refractivity contribution >= 4 is 0 Å². The summed E-state index contributed by atoms with van der Waals surface area (Å²) in [4.78, 5) is 5.19. The monoisotopic (exact) mass is 370 g/mol. The Morgan fingerprint density at radius 2 is 2.19 bits per heavy atom. The summed E-state index contributed by atoms with van der Waals surface area (Å²) in [5.41, 5.74) is 2.45. The van der Waals surface area contributed by atoms with E-state index in [4.69, 9.17) is 4.74 Å². The van der Waals surface area contributed by atoms with Gasteiger partial charge in [-0.3, -0.25) is 14.5 Å². The van der Waals surface area contributed by atoms with Crippen LogP contribution in [0.1, 0.15) is 30.4 Å². The second kappa shape index (κ2) is 8.42. The third-order valence-electron chi connectivity index (χ3n) is 5.99. The van der Waals surface area contributed by atoms with Gasteiger partial charge in [0.25, 0.3) is 0 Å². The first kappa shape index (κ1) is 18.5. The molecule has 2 saturated heterocycles. The molecule has 27 heavy (non-hydrogen) atoms. The zero-order valence-electron chi connectivity index (χ0n) is 16.1. The number of nitrogens with zero attached hydrogens (tertiary/aromatic N) is 4. The van der Waals surface area contributed by atoms with Crippen LogP contribution in [-0.4, -0.2) is 70.1 Å². The van der Waals surface area contributed by atoms with E-state index in [-0.39, 0.29) is 6.61 Å². The number of rotatable bonds is 7. The molecule has 0 bridgehead atoms. The van der Waals surface area contributed by atoms with Gasteiger partial charge in [0.15, 0.2) is 0 Å². The van der Waals surface area contributed by atoms with Crippen LogP contribution in [0.25, 0.3) is 0 Å². The summed E-state index contributed by atoms with van der Waals surface area (Å²) in [5.74, 6) is 0.904. The highest BCUT2D eigenvalue weighted by Crippen LogP contribution is 2.28. The molecule has 3 heterocycles. The average molecular weight is 370 g/mol. The van der Waals surface area contributed by atoms with Crippen LogP contribution in [0.15, 0.2) is 36.7 Å². The Labute approximate surface area is 161 Å². The second-order valence-electron chi connectivity index (χ2n) is 7.74. The van der Waals surface area contributed by atoms with E-state index in [9.17, 15) is 5.11 Å². The van der Waals surface area contributed by atoms with E-state index < -0.39 is 0 Å². The summed E-state index contributed by atoms with van der Waals surface area (Å²) < 4.78 is 7.49. The first-order chi connectivity index (χ1) is 13.3. The number of ether oxygens (including phenoxy) is 1. The Balaban J connectivity index is 1.51. The van der Waals surface area contributed by atoms with Crippen molar-refractivity contribution in [3.8, 4) is 5.75 Å². The van der Waals surface area contributed by atoms with Crippen LogP contribution in [0.4, 0.5) is 0 Å². The van der Waals surface area contributed by atoms with Gasteiger partial charge in [-0.25, -0.2) is 0 Å². The smallest absolute Gasteiger partial charge is 0.123 e. The fourth-order valence-corrected chi connectivity index (χ4v) is 4.62. The first-order valence-corrected chi connectivity index (χ1v) is 9.99. The molecule has 0 saturated carbocycles. The van der Waals surface area contributed by atoms with Crippen LogP contribution in [0.3, 0.4) is 0 Å². The van der Waals surface area contributed by atoms with Gasteiger partial charge in [-0.15, -0.1) is 0 Å². The van der Waals surface area contributed by atoms with E-state index >= 15 is 0 Å². The number of benzene rings is 1. The molecule has 2 aliphatic heterocycles. The van der Waals surface area contributed by atoms with E-state index in [2.05, 4.69) is 33.1 Å². The molecule has 2 aromatic rings. The van der Waals surface area contributed by atoms with Gasteiger partial charge in [-0.05, 0) is 49.6 Å². The van der Waals surface area contributed by atoms with Gasteiger partial charge in [-0.1, -0.05) is 6.07 Å². The van der Waals surface area contributed by atoms with Crippen LogP contribution >= 0.6 is 0 Å². The largest absolute Gasteiger partial charge is 0.496 e. The summed E-state index contributed by atoms with van der Waals surface area (Å²) in [6.07, 6.45) is 7.23. The Bertz CT molecular complexity index is 734. The lowest BCUT2D eigenvalue weighted by molar-refractivity contribution is 0.0333. The molecule has 1 aromatic heterocycles. The second-order valence-corrected chi connectivity index (χ2v) is 7.74. The van der Waals surface area contributed by atoms with Gasteiger partial charge in [-0.2, -0.15) is 5.10 Å². The van der Waals surface area contributed by atoms with Crippen LogP contribution in [0, 0.1) is 0 Å². The summed E-state index contributed by atoms with van der Waals surface area (Å²) in [6.45, 7) is 5.29. The maximum absolute atomic E-state index is 9.53. The Morgan fingerprint density at radius 3 is 2.96 bits per heavy atom. The number of fused-ring (bicyclic) bond motifs is 1. The van der Waals surface area contributed by atoms with Crippen molar-refractivity contribution in [3.05, 3.63) is 47.8 Å². The Hall–Kier alpha value is -1.89. The molecule has 0 spiro atoms. The summed E-state index contributed by atoms with van der Waals surface area (Å²) in [7, 11) is 1.72. The van der Waals surface area contributed by atoms with E-state index in [0.29, 0.717) is 18.6 Å². The summed E-state index contributed by atoms with van der Waals surface area (Å²) in [5, 5.41) is 13.8. The molecule has 1 N–H and O–H groups in total. The number of aliphatic hydroxyl groups excluding tert-OH is 1. The molecule has 0 radical (unpaired) electrons. The molecule has 1 unspecified atom stereocenters. The maximum Gasteiger partial charge on any atom is 0.123 e. The number of methoxy groups -OCH3 is 1. The number of hydrogen-bond acceptors (Lipinski definition) is 5. The number of aliphatic hydroxyl groups is 1. The van der Waals surface area contributed by atoms with E-state index in [1.807, 2.05) is 16.9 Å². The van der Waals surface area contributed by atoms with Gasteiger partial charge in [0, 0.05) is 56.3 Å². The molecule has 6 nitrogen and oxygen atoms in total. The van der Waals surface area contributed by atoms with Crippen LogP contribution in [0.2, 0.25) is 0 Å². The zero-order valence-corrected chi connectivity index (χ0v) is 16.1. The quantitative estimate of drug-likeness (QED) is 0.808. The minimum atomic E-state index is 0.257. The molecule has 146 valence electrons. The fourth-order valence-electron chi connectivity index (χ4n) is 4.62. The van der Waals surface area contributed by atoms with E-state index in [1.54, 1.807) is 13.3 Å². The number of piperazine rings is 1. The topological polar surface area (TPSA) is 53.8 Å². The lowest BCUT2D eigenvalue weighted by Crippen LogP contribution is -2.55. The van der Waals surface area contributed by atoms with Crippen molar-refractivity contribution in [1.29, 1.82) is 0 Å². The van der Waals surface area contributed by atoms with E-state index in [1.165, 1.54) is 24.9 Å². The highest BCUT2D eigenvalue weighted by molar-refractivity contribution is 5.37. The lowest BCUT2D eigenvalue weighted by Gasteiger charge is -2.43. The molecule has 2 fully saturated rings. The van der Waals surface area contributed by atoms with Crippen LogP contribution < -0.4 is 4.74 Å². The summed E-state index contributed by atoms with van der Waals surface area (Å²) >= 11 is 0. The zero-order chi connectivity index (χ0) is 18.6. The van der Waals surface area contributed by atoms with E-state index in [0.717, 1.165) is 37.4 Å². The molecule has 6 heteroatoms. The fraction of sp³-hybridized carbons (Fsp3) is 0.571. The van der Waals surface area contributed by atoms with Crippen molar-refractivity contribution < 1.29 is 9.84 Å². The standard InChI is InChI=1S/C21H30N4O2/c1-27-21-6-5-17(12-18(21)14-25-10-3-8-22-25)13-24-16-19-4-2-9-23(19)15-20(24)7-11-26/h3,5-6,8,10,12,19-20,26H,2,4,7,9,11,13-16H2,1H3/t19?,20-/m0/s1. The third kappa shape index (κ3) is 4.18. The normalized spacial score (nSPS) is 23.5. The first-order valence-electron chi connectivity index (χ1n) is 9.99. The molecular weight excluding hydrogens is 340 g/mol. The highest BCUT2D eigenvalue weighted by Gasteiger charge is 2.35. The molecular formula is C21H30N4O2. The molecule has 2 aliphatic rings. The third-order valence-corrected chi connectivity index (χ3v) is 5.99. The van der Waals surface area contributed by atoms with Crippen molar-refractivity contribution in [2.75, 3.05) is 33.4 Å². The lowest BCUT2D eigenvalue weighted by atomic mass is 10.0. The molecule has 1 aromatic carbocycles. The number of aromatic nitrogens is 2. The summed E-state index contributed by atoms with van der Waals surface area (Å²) in [6, 6.07) is 9.54.